The number of hydrogen-bond acceptors (Lipinski definition) is 3. The fourth-order valence-corrected chi connectivity index (χ4v) is 3.27. The van der Waals surface area contributed by atoms with Crippen LogP contribution in [0.3, 0.4) is 0 Å². The van der Waals surface area contributed by atoms with Gasteiger partial charge in [-0.15, -0.1) is 0 Å². The van der Waals surface area contributed by atoms with Gasteiger partial charge in [-0.3, -0.25) is 9.69 Å². The molecule has 0 N–H and O–H groups in total. The normalized spacial score (nSPS) is 15.9. The fraction of sp³-hybridized carbons (Fsp3) is 0.381. The zero-order valence-electron chi connectivity index (χ0n) is 14.4. The molecule has 0 aliphatic carbocycles. The molecule has 0 bridgehead atoms. The first-order valence-corrected chi connectivity index (χ1v) is 8.85. The van der Waals surface area contributed by atoms with Crippen molar-refractivity contribution in [2.45, 2.75) is 25.9 Å². The maximum atomic E-state index is 13.0. The third-order valence-corrected chi connectivity index (χ3v) is 4.74. The summed E-state index contributed by atoms with van der Waals surface area (Å²) in [6, 6.07) is 16.5. The molecule has 0 radical (unpaired) electrons. The van der Waals surface area contributed by atoms with Crippen LogP contribution in [0, 0.1) is 11.7 Å². The summed E-state index contributed by atoms with van der Waals surface area (Å²) in [7, 11) is 0. The Hall–Kier alpha value is -2.20. The van der Waals surface area contributed by atoms with Crippen molar-refractivity contribution in [1.29, 1.82) is 0 Å². The summed E-state index contributed by atoms with van der Waals surface area (Å²) in [5.74, 6) is 0.246. The third kappa shape index (κ3) is 5.68. The van der Waals surface area contributed by atoms with E-state index in [2.05, 4.69) is 4.90 Å². The van der Waals surface area contributed by atoms with Crippen LogP contribution in [0.2, 0.25) is 0 Å². The monoisotopic (exact) mass is 341 g/mol. The number of halogens is 1. The third-order valence-electron chi connectivity index (χ3n) is 4.74. The molecule has 4 heteroatoms. The number of ether oxygens (including phenoxy) is 1. The van der Waals surface area contributed by atoms with Gasteiger partial charge in [0.1, 0.15) is 12.4 Å². The molecule has 0 aromatic heterocycles. The van der Waals surface area contributed by atoms with E-state index in [1.165, 1.54) is 17.7 Å². The van der Waals surface area contributed by atoms with Crippen molar-refractivity contribution in [2.75, 3.05) is 19.6 Å². The van der Waals surface area contributed by atoms with Crippen LogP contribution in [0.4, 0.5) is 4.39 Å². The molecule has 0 unspecified atom stereocenters. The first kappa shape index (κ1) is 17.6. The number of esters is 1. The molecule has 0 amide bonds. The van der Waals surface area contributed by atoms with Crippen molar-refractivity contribution in [3.63, 3.8) is 0 Å². The molecule has 1 heterocycles. The Kier molecular flexibility index (Phi) is 6.18. The second kappa shape index (κ2) is 8.77. The van der Waals surface area contributed by atoms with Crippen LogP contribution < -0.4 is 0 Å². The van der Waals surface area contributed by atoms with Gasteiger partial charge in [-0.2, -0.15) is 0 Å². The summed E-state index contributed by atoms with van der Waals surface area (Å²) >= 11 is 0. The lowest BCUT2D eigenvalue weighted by Gasteiger charge is -2.31. The Balaban J connectivity index is 1.37. The Bertz CT molecular complexity index is 664. The van der Waals surface area contributed by atoms with Crippen LogP contribution in [0.1, 0.15) is 24.0 Å². The molecule has 1 aliphatic heterocycles. The lowest BCUT2D eigenvalue weighted by Crippen LogP contribution is -2.38. The average molecular weight is 341 g/mol. The summed E-state index contributed by atoms with van der Waals surface area (Å²) in [6.07, 6.45) is 3.10. The van der Waals surface area contributed by atoms with Crippen molar-refractivity contribution in [3.05, 3.63) is 71.5 Å². The SMILES string of the molecule is O=C(CN1CCC(Cc2ccc(F)cc2)CC1)OCc1ccccc1. The molecular formula is C21H24FNO2. The number of hydrogen-bond donors (Lipinski definition) is 0. The molecule has 1 aliphatic rings. The number of likely N-dealkylation sites (tertiary alicyclic amines) is 1. The first-order chi connectivity index (χ1) is 12.2. The topological polar surface area (TPSA) is 29.5 Å². The molecule has 3 nitrogen and oxygen atoms in total. The van der Waals surface area contributed by atoms with E-state index in [0.29, 0.717) is 19.1 Å². The highest BCUT2D eigenvalue weighted by Crippen LogP contribution is 2.21. The number of rotatable bonds is 6. The second-order valence-corrected chi connectivity index (χ2v) is 6.70. The quantitative estimate of drug-likeness (QED) is 0.748. The van der Waals surface area contributed by atoms with E-state index in [1.54, 1.807) is 0 Å². The smallest absolute Gasteiger partial charge is 0.320 e. The van der Waals surface area contributed by atoms with Crippen LogP contribution in [-0.2, 0) is 22.6 Å². The highest BCUT2D eigenvalue weighted by atomic mass is 19.1. The van der Waals surface area contributed by atoms with Gasteiger partial charge in [0.15, 0.2) is 0 Å². The van der Waals surface area contributed by atoms with Crippen LogP contribution >= 0.6 is 0 Å². The van der Waals surface area contributed by atoms with E-state index in [0.717, 1.165) is 37.9 Å². The minimum absolute atomic E-state index is 0.166. The predicted octanol–water partition coefficient (Wildman–Crippen LogP) is 3.82. The predicted molar refractivity (Wildman–Crippen MR) is 95.5 cm³/mol. The molecule has 3 rings (SSSR count). The number of carbonyl (C=O) groups excluding carboxylic acids is 1. The minimum Gasteiger partial charge on any atom is -0.460 e. The Morgan fingerprint density at radius 3 is 2.36 bits per heavy atom. The Labute approximate surface area is 148 Å². The van der Waals surface area contributed by atoms with Gasteiger partial charge in [0.05, 0.1) is 6.54 Å². The number of nitrogens with zero attached hydrogens (tertiary/aromatic N) is 1. The number of carbonyl (C=O) groups is 1. The fourth-order valence-electron chi connectivity index (χ4n) is 3.27. The minimum atomic E-state index is -0.187. The molecule has 1 saturated heterocycles. The molecule has 0 atom stereocenters. The Morgan fingerprint density at radius 2 is 1.68 bits per heavy atom. The first-order valence-electron chi connectivity index (χ1n) is 8.85. The molecular weight excluding hydrogens is 317 g/mol. The zero-order chi connectivity index (χ0) is 17.5. The molecule has 132 valence electrons. The molecule has 25 heavy (non-hydrogen) atoms. The van der Waals surface area contributed by atoms with Gasteiger partial charge in [-0.25, -0.2) is 4.39 Å². The van der Waals surface area contributed by atoms with Crippen molar-refractivity contribution in [2.24, 2.45) is 5.92 Å². The van der Waals surface area contributed by atoms with E-state index in [4.69, 9.17) is 4.74 Å². The van der Waals surface area contributed by atoms with E-state index in [9.17, 15) is 9.18 Å². The lowest BCUT2D eigenvalue weighted by atomic mass is 9.90. The zero-order valence-corrected chi connectivity index (χ0v) is 14.4. The number of piperidine rings is 1. The second-order valence-electron chi connectivity index (χ2n) is 6.70. The largest absolute Gasteiger partial charge is 0.460 e. The van der Waals surface area contributed by atoms with Gasteiger partial charge in [0.2, 0.25) is 0 Å². The summed E-state index contributed by atoms with van der Waals surface area (Å²) < 4.78 is 18.3. The van der Waals surface area contributed by atoms with Gasteiger partial charge < -0.3 is 4.74 Å². The number of benzene rings is 2. The van der Waals surface area contributed by atoms with E-state index in [-0.39, 0.29) is 11.8 Å². The maximum absolute atomic E-state index is 13.0. The summed E-state index contributed by atoms with van der Waals surface area (Å²) in [5.41, 5.74) is 2.19. The van der Waals surface area contributed by atoms with Crippen LogP contribution in [0.5, 0.6) is 0 Å². The molecule has 0 saturated carbocycles. The van der Waals surface area contributed by atoms with Gasteiger partial charge >= 0.3 is 5.97 Å². The summed E-state index contributed by atoms with van der Waals surface area (Å²) in [5, 5.41) is 0. The van der Waals surface area contributed by atoms with E-state index in [1.807, 2.05) is 42.5 Å². The maximum Gasteiger partial charge on any atom is 0.320 e. The van der Waals surface area contributed by atoms with Crippen molar-refractivity contribution in [1.82, 2.24) is 4.90 Å². The van der Waals surface area contributed by atoms with Gasteiger partial charge in [-0.1, -0.05) is 42.5 Å². The highest BCUT2D eigenvalue weighted by molar-refractivity contribution is 5.71. The highest BCUT2D eigenvalue weighted by Gasteiger charge is 2.21. The van der Waals surface area contributed by atoms with Gasteiger partial charge in [0.25, 0.3) is 0 Å². The van der Waals surface area contributed by atoms with Crippen LogP contribution in [0.25, 0.3) is 0 Å². The van der Waals surface area contributed by atoms with Crippen molar-refractivity contribution in [3.8, 4) is 0 Å². The lowest BCUT2D eigenvalue weighted by molar-refractivity contribution is -0.146. The van der Waals surface area contributed by atoms with Crippen LogP contribution in [0.15, 0.2) is 54.6 Å². The molecule has 2 aromatic rings. The standard InChI is InChI=1S/C21H24FNO2/c22-20-8-6-17(7-9-20)14-18-10-12-23(13-11-18)15-21(24)25-16-19-4-2-1-3-5-19/h1-9,18H,10-16H2. The molecule has 0 spiro atoms. The van der Waals surface area contributed by atoms with Crippen molar-refractivity contribution < 1.29 is 13.9 Å². The van der Waals surface area contributed by atoms with Crippen LogP contribution in [-0.4, -0.2) is 30.5 Å². The molecule has 1 fully saturated rings. The summed E-state index contributed by atoms with van der Waals surface area (Å²) in [4.78, 5) is 14.2. The summed E-state index contributed by atoms with van der Waals surface area (Å²) in [6.45, 7) is 2.51. The van der Waals surface area contributed by atoms with Gasteiger partial charge in [0, 0.05) is 0 Å². The Morgan fingerprint density at radius 1 is 1.00 bits per heavy atom. The van der Waals surface area contributed by atoms with Crippen molar-refractivity contribution >= 4 is 5.97 Å². The van der Waals surface area contributed by atoms with E-state index >= 15 is 0 Å². The van der Waals surface area contributed by atoms with E-state index < -0.39 is 0 Å². The average Bonchev–Trinajstić information content (AvgIpc) is 2.64. The molecule has 2 aromatic carbocycles. The van der Waals surface area contributed by atoms with Gasteiger partial charge in [-0.05, 0) is 61.5 Å².